The van der Waals surface area contributed by atoms with Crippen molar-refractivity contribution in [3.8, 4) is 11.5 Å². The Labute approximate surface area is 220 Å². The first-order valence-corrected chi connectivity index (χ1v) is 12.9. The standard InChI is InChI=1S/C25H25BrClFN4O4/c1-2-35-25(34)32-9-14-5-13(6-15(14)10-32)11-36-21-8-19-16(7-20(21)33)24(30-12-29-19)31-18-4-3-17(26)22(27)23(18)28/h3-4,7-8,12-15,33H,2,5-6,9-11H2,1H3,(H,29,30,31)/t13?,14-,15+. The van der Waals surface area contributed by atoms with Crippen LogP contribution in [0.4, 0.5) is 20.7 Å². The number of hydrogen-bond donors (Lipinski definition) is 2. The van der Waals surface area contributed by atoms with E-state index in [0.29, 0.717) is 57.9 Å². The van der Waals surface area contributed by atoms with Crippen molar-refractivity contribution < 1.29 is 23.8 Å². The molecule has 1 unspecified atom stereocenters. The second-order valence-electron chi connectivity index (χ2n) is 9.18. The van der Waals surface area contributed by atoms with Gasteiger partial charge in [0.2, 0.25) is 0 Å². The van der Waals surface area contributed by atoms with Gasteiger partial charge < -0.3 is 24.8 Å². The minimum absolute atomic E-state index is 0.0402. The molecule has 5 rings (SSSR count). The molecule has 2 heterocycles. The van der Waals surface area contributed by atoms with Crippen molar-refractivity contribution >= 4 is 56.0 Å². The van der Waals surface area contributed by atoms with E-state index in [1.54, 1.807) is 23.1 Å². The van der Waals surface area contributed by atoms with Crippen LogP contribution >= 0.6 is 27.5 Å². The third kappa shape index (κ3) is 4.88. The van der Waals surface area contributed by atoms with Crippen molar-refractivity contribution in [3.05, 3.63) is 45.9 Å². The van der Waals surface area contributed by atoms with Crippen LogP contribution in [0.3, 0.4) is 0 Å². The number of nitrogens with zero attached hydrogens (tertiary/aromatic N) is 3. The predicted molar refractivity (Wildman–Crippen MR) is 137 cm³/mol. The molecule has 1 saturated heterocycles. The number of likely N-dealkylation sites (tertiary alicyclic amines) is 1. The van der Waals surface area contributed by atoms with E-state index < -0.39 is 5.82 Å². The van der Waals surface area contributed by atoms with Gasteiger partial charge in [-0.15, -0.1) is 0 Å². The maximum Gasteiger partial charge on any atom is 0.409 e. The van der Waals surface area contributed by atoms with E-state index in [-0.39, 0.29) is 22.6 Å². The number of phenolic OH excluding ortho intramolecular Hbond substituents is 1. The van der Waals surface area contributed by atoms with Crippen LogP contribution in [0.25, 0.3) is 10.9 Å². The Bertz CT molecular complexity index is 1300. The van der Waals surface area contributed by atoms with Crippen LogP contribution in [0.2, 0.25) is 5.02 Å². The minimum Gasteiger partial charge on any atom is -0.504 e. The van der Waals surface area contributed by atoms with Crippen LogP contribution in [-0.4, -0.2) is 52.4 Å². The Morgan fingerprint density at radius 2 is 2.03 bits per heavy atom. The number of benzene rings is 2. The van der Waals surface area contributed by atoms with E-state index in [1.165, 1.54) is 12.4 Å². The summed E-state index contributed by atoms with van der Waals surface area (Å²) in [6.07, 6.45) is 3.05. The Morgan fingerprint density at radius 3 is 2.75 bits per heavy atom. The van der Waals surface area contributed by atoms with Crippen molar-refractivity contribution in [1.29, 1.82) is 0 Å². The fraction of sp³-hybridized carbons (Fsp3) is 0.400. The quantitative estimate of drug-likeness (QED) is 0.339. The fourth-order valence-electron chi connectivity index (χ4n) is 5.17. The van der Waals surface area contributed by atoms with Crippen LogP contribution in [0.15, 0.2) is 35.1 Å². The topological polar surface area (TPSA) is 96.8 Å². The molecule has 0 spiro atoms. The van der Waals surface area contributed by atoms with Gasteiger partial charge in [0.05, 0.1) is 29.4 Å². The summed E-state index contributed by atoms with van der Waals surface area (Å²) in [5.74, 6) is 1.22. The number of carbonyl (C=O) groups excluding carboxylic acids is 1. The zero-order valence-electron chi connectivity index (χ0n) is 19.5. The normalized spacial score (nSPS) is 21.0. The Kier molecular flexibility index (Phi) is 7.07. The molecule has 1 aliphatic carbocycles. The summed E-state index contributed by atoms with van der Waals surface area (Å²) in [7, 11) is 0. The predicted octanol–water partition coefficient (Wildman–Crippen LogP) is 6.13. The highest BCUT2D eigenvalue weighted by molar-refractivity contribution is 9.10. The first-order valence-electron chi connectivity index (χ1n) is 11.8. The van der Waals surface area contributed by atoms with Crippen LogP contribution in [0, 0.1) is 23.6 Å². The molecule has 1 saturated carbocycles. The Balaban J connectivity index is 1.25. The summed E-state index contributed by atoms with van der Waals surface area (Å²) in [5, 5.41) is 14.0. The van der Waals surface area contributed by atoms with Crippen molar-refractivity contribution in [1.82, 2.24) is 14.9 Å². The second kappa shape index (κ2) is 10.3. The summed E-state index contributed by atoms with van der Waals surface area (Å²) in [4.78, 5) is 22.3. The van der Waals surface area contributed by atoms with Gasteiger partial charge in [-0.3, -0.25) is 0 Å². The molecule has 3 aromatic rings. The summed E-state index contributed by atoms with van der Waals surface area (Å²) < 4.78 is 26.1. The van der Waals surface area contributed by atoms with Crippen molar-refractivity contribution in [3.63, 3.8) is 0 Å². The highest BCUT2D eigenvalue weighted by Crippen LogP contribution is 2.43. The number of halogens is 3. The average Bonchev–Trinajstić information content (AvgIpc) is 3.43. The molecule has 1 amide bonds. The number of fused-ring (bicyclic) bond motifs is 2. The van der Waals surface area contributed by atoms with Crippen LogP contribution in [-0.2, 0) is 4.74 Å². The number of phenols is 1. The maximum absolute atomic E-state index is 14.6. The van der Waals surface area contributed by atoms with Gasteiger partial charge in [-0.25, -0.2) is 19.2 Å². The lowest BCUT2D eigenvalue weighted by Crippen LogP contribution is -2.30. The number of aromatic nitrogens is 2. The van der Waals surface area contributed by atoms with Crippen LogP contribution in [0.5, 0.6) is 11.5 Å². The average molecular weight is 580 g/mol. The van der Waals surface area contributed by atoms with Gasteiger partial charge in [-0.1, -0.05) is 11.6 Å². The number of rotatable bonds is 6. The molecule has 2 aliphatic rings. The second-order valence-corrected chi connectivity index (χ2v) is 10.4. The lowest BCUT2D eigenvalue weighted by atomic mass is 10.0. The maximum atomic E-state index is 14.6. The molecule has 36 heavy (non-hydrogen) atoms. The Hall–Kier alpha value is -2.85. The third-order valence-electron chi connectivity index (χ3n) is 6.85. The molecule has 0 radical (unpaired) electrons. The van der Waals surface area contributed by atoms with Crippen LogP contribution in [0.1, 0.15) is 19.8 Å². The lowest BCUT2D eigenvalue weighted by Gasteiger charge is -2.19. The van der Waals surface area contributed by atoms with Crippen molar-refractivity contribution in [2.75, 3.05) is 31.6 Å². The van der Waals surface area contributed by atoms with E-state index >= 15 is 0 Å². The van der Waals surface area contributed by atoms with E-state index in [4.69, 9.17) is 21.1 Å². The number of anilines is 2. The number of aromatic hydroxyl groups is 1. The summed E-state index contributed by atoms with van der Waals surface area (Å²) in [6, 6.07) is 6.33. The monoisotopic (exact) mass is 578 g/mol. The Morgan fingerprint density at radius 1 is 1.28 bits per heavy atom. The van der Waals surface area contributed by atoms with Gasteiger partial charge in [-0.2, -0.15) is 0 Å². The fourth-order valence-corrected chi connectivity index (χ4v) is 5.64. The molecule has 1 aliphatic heterocycles. The zero-order chi connectivity index (χ0) is 25.4. The molecule has 2 N–H and O–H groups in total. The molecule has 3 atom stereocenters. The largest absolute Gasteiger partial charge is 0.504 e. The molecule has 190 valence electrons. The van der Waals surface area contributed by atoms with Gasteiger partial charge in [0.25, 0.3) is 0 Å². The summed E-state index contributed by atoms with van der Waals surface area (Å²) in [5.41, 5.74) is 0.689. The molecule has 2 fully saturated rings. The van der Waals surface area contributed by atoms with Gasteiger partial charge in [-0.05, 0) is 71.6 Å². The van der Waals surface area contributed by atoms with Gasteiger partial charge in [0.15, 0.2) is 17.3 Å². The number of ether oxygens (including phenoxy) is 2. The molecule has 11 heteroatoms. The summed E-state index contributed by atoms with van der Waals surface area (Å²) in [6.45, 7) is 4.10. The number of nitrogens with one attached hydrogen (secondary N) is 1. The number of hydrogen-bond acceptors (Lipinski definition) is 7. The van der Waals surface area contributed by atoms with E-state index in [0.717, 1.165) is 25.9 Å². The number of amides is 1. The smallest absolute Gasteiger partial charge is 0.409 e. The highest BCUT2D eigenvalue weighted by atomic mass is 79.9. The van der Waals surface area contributed by atoms with Gasteiger partial charge in [0.1, 0.15) is 12.1 Å². The highest BCUT2D eigenvalue weighted by Gasteiger charge is 2.43. The van der Waals surface area contributed by atoms with Gasteiger partial charge in [0, 0.05) is 29.0 Å². The SMILES string of the molecule is CCOC(=O)N1C[C@H]2CC(COc3cc4ncnc(Nc5ccc(Br)c(Cl)c5F)c4cc3O)C[C@H]2C1. The molecule has 2 aromatic carbocycles. The molecule has 1 aromatic heterocycles. The van der Waals surface area contributed by atoms with Crippen LogP contribution < -0.4 is 10.1 Å². The van der Waals surface area contributed by atoms with Crippen molar-refractivity contribution in [2.45, 2.75) is 19.8 Å². The van der Waals surface area contributed by atoms with Crippen molar-refractivity contribution in [2.24, 2.45) is 17.8 Å². The molecule has 0 bridgehead atoms. The van der Waals surface area contributed by atoms with E-state index in [2.05, 4.69) is 31.2 Å². The van der Waals surface area contributed by atoms with Gasteiger partial charge >= 0.3 is 6.09 Å². The number of carbonyl (C=O) groups is 1. The van der Waals surface area contributed by atoms with E-state index in [1.807, 2.05) is 6.92 Å². The first-order chi connectivity index (χ1) is 17.3. The minimum atomic E-state index is -0.617. The van der Waals surface area contributed by atoms with E-state index in [9.17, 15) is 14.3 Å². The first kappa shape index (κ1) is 24.8. The zero-order valence-corrected chi connectivity index (χ0v) is 21.9. The summed E-state index contributed by atoms with van der Waals surface area (Å²) >= 11 is 9.19. The third-order valence-corrected chi connectivity index (χ3v) is 8.11. The molecular weight excluding hydrogens is 555 g/mol. The lowest BCUT2D eigenvalue weighted by molar-refractivity contribution is 0.111. The molecule has 8 nitrogen and oxygen atoms in total. The molecular formula is C25H25BrClFN4O4.